The van der Waals surface area contributed by atoms with Crippen molar-refractivity contribution in [2.24, 2.45) is 0 Å². The van der Waals surface area contributed by atoms with Gasteiger partial charge in [-0.25, -0.2) is 4.68 Å². The third kappa shape index (κ3) is 1.23. The molecule has 1 atom stereocenters. The Balaban J connectivity index is 2.31. The molecule has 16 heavy (non-hydrogen) atoms. The molecule has 0 amide bonds. The average Bonchev–Trinajstić information content (AvgIpc) is 2.90. The number of nitrogens with zero attached hydrogens (tertiary/aromatic N) is 2. The summed E-state index contributed by atoms with van der Waals surface area (Å²) in [6.45, 7) is 2.09. The number of hydrogen-bond donors (Lipinski definition) is 2. The fourth-order valence-corrected chi connectivity index (χ4v) is 2.02. The third-order valence-corrected chi connectivity index (χ3v) is 3.05. The van der Waals surface area contributed by atoms with Crippen LogP contribution in [0, 0.1) is 0 Å². The van der Waals surface area contributed by atoms with E-state index in [4.69, 9.17) is 0 Å². The molecule has 1 aromatic carbocycles. The minimum Gasteiger partial charge on any atom is -0.361 e. The lowest BCUT2D eigenvalue weighted by Crippen LogP contribution is -2.20. The lowest BCUT2D eigenvalue weighted by Gasteiger charge is -2.11. The largest absolute Gasteiger partial charge is 0.361 e. The Kier molecular flexibility index (Phi) is 1.97. The molecule has 0 radical (unpaired) electrons. The summed E-state index contributed by atoms with van der Waals surface area (Å²) in [7, 11) is 1.94. The smallest absolute Gasteiger partial charge is 0.0989 e. The normalized spacial score (nSPS) is 13.6. The van der Waals surface area contributed by atoms with Crippen LogP contribution in [-0.2, 0) is 0 Å². The highest BCUT2D eigenvalue weighted by Gasteiger charge is 2.08. The zero-order chi connectivity index (χ0) is 11.1. The summed E-state index contributed by atoms with van der Waals surface area (Å²) in [6.07, 6.45) is 4.07. The number of benzene rings is 1. The van der Waals surface area contributed by atoms with Gasteiger partial charge in [0.15, 0.2) is 0 Å². The van der Waals surface area contributed by atoms with Crippen LogP contribution < -0.4 is 5.32 Å². The molecule has 0 aliphatic rings. The van der Waals surface area contributed by atoms with Crippen molar-refractivity contribution in [3.63, 3.8) is 0 Å². The monoisotopic (exact) mass is 214 g/mol. The van der Waals surface area contributed by atoms with E-state index in [2.05, 4.69) is 40.5 Å². The minimum absolute atomic E-state index is 0.203. The number of rotatable bonds is 2. The molecule has 0 spiro atoms. The fraction of sp³-hybridized carbons (Fsp3) is 0.250. The second-order valence-corrected chi connectivity index (χ2v) is 4.03. The van der Waals surface area contributed by atoms with Gasteiger partial charge in [0.05, 0.1) is 17.9 Å². The highest BCUT2D eigenvalue weighted by atomic mass is 15.3. The van der Waals surface area contributed by atoms with Gasteiger partial charge in [-0.15, -0.1) is 0 Å². The topological polar surface area (TPSA) is 45.6 Å². The van der Waals surface area contributed by atoms with Crippen LogP contribution in [0.25, 0.3) is 21.8 Å². The first kappa shape index (κ1) is 9.42. The van der Waals surface area contributed by atoms with Gasteiger partial charge in [0.2, 0.25) is 0 Å². The molecule has 3 aromatic rings. The molecule has 4 nitrogen and oxygen atoms in total. The van der Waals surface area contributed by atoms with E-state index in [1.807, 2.05) is 24.1 Å². The number of hydrogen-bond acceptors (Lipinski definition) is 2. The van der Waals surface area contributed by atoms with E-state index in [-0.39, 0.29) is 6.17 Å². The van der Waals surface area contributed by atoms with Crippen molar-refractivity contribution < 1.29 is 0 Å². The zero-order valence-electron chi connectivity index (χ0n) is 9.36. The van der Waals surface area contributed by atoms with Gasteiger partial charge >= 0.3 is 0 Å². The first-order valence-electron chi connectivity index (χ1n) is 5.41. The van der Waals surface area contributed by atoms with Crippen LogP contribution in [0.1, 0.15) is 13.1 Å². The summed E-state index contributed by atoms with van der Waals surface area (Å²) in [5, 5.41) is 9.99. The molecule has 0 saturated heterocycles. The van der Waals surface area contributed by atoms with Gasteiger partial charge in [-0.1, -0.05) is 0 Å². The van der Waals surface area contributed by atoms with Gasteiger partial charge in [-0.05, 0) is 32.2 Å². The first-order chi connectivity index (χ1) is 7.79. The van der Waals surface area contributed by atoms with Gasteiger partial charge in [-0.2, -0.15) is 5.10 Å². The molecule has 0 aliphatic heterocycles. The van der Waals surface area contributed by atoms with E-state index in [0.29, 0.717) is 0 Å². The minimum atomic E-state index is 0.203. The highest BCUT2D eigenvalue weighted by Crippen LogP contribution is 2.23. The van der Waals surface area contributed by atoms with Gasteiger partial charge in [0.25, 0.3) is 0 Å². The predicted molar refractivity (Wildman–Crippen MR) is 65.4 cm³/mol. The van der Waals surface area contributed by atoms with Crippen molar-refractivity contribution >= 4 is 21.8 Å². The van der Waals surface area contributed by atoms with E-state index in [9.17, 15) is 0 Å². The van der Waals surface area contributed by atoms with Gasteiger partial charge in [0, 0.05) is 22.5 Å². The molecule has 2 N–H and O–H groups in total. The maximum absolute atomic E-state index is 4.41. The van der Waals surface area contributed by atoms with Crippen molar-refractivity contribution in [1.29, 1.82) is 0 Å². The molecule has 0 saturated carbocycles. The number of aromatic nitrogens is 3. The molecule has 82 valence electrons. The lowest BCUT2D eigenvalue weighted by molar-refractivity contribution is 0.446. The number of fused-ring (bicyclic) bond motifs is 2. The van der Waals surface area contributed by atoms with E-state index in [1.165, 1.54) is 5.39 Å². The first-order valence-corrected chi connectivity index (χ1v) is 5.41. The van der Waals surface area contributed by atoms with Crippen molar-refractivity contribution in [2.45, 2.75) is 13.1 Å². The Bertz CT molecular complexity index is 635. The number of H-pyrrole nitrogens is 1. The summed E-state index contributed by atoms with van der Waals surface area (Å²) >= 11 is 0. The van der Waals surface area contributed by atoms with E-state index in [1.54, 1.807) is 0 Å². The van der Waals surface area contributed by atoms with Crippen LogP contribution in [-0.4, -0.2) is 21.8 Å². The maximum atomic E-state index is 4.41. The second kappa shape index (κ2) is 3.35. The van der Waals surface area contributed by atoms with Crippen molar-refractivity contribution in [2.75, 3.05) is 7.05 Å². The van der Waals surface area contributed by atoms with Gasteiger partial charge < -0.3 is 4.98 Å². The summed E-state index contributed by atoms with van der Waals surface area (Å²) in [6, 6.07) is 6.38. The third-order valence-electron chi connectivity index (χ3n) is 3.05. The Morgan fingerprint density at radius 3 is 3.06 bits per heavy atom. The zero-order valence-corrected chi connectivity index (χ0v) is 9.36. The van der Waals surface area contributed by atoms with Crippen LogP contribution in [0.5, 0.6) is 0 Å². The van der Waals surface area contributed by atoms with Crippen molar-refractivity contribution in [1.82, 2.24) is 20.1 Å². The summed E-state index contributed by atoms with van der Waals surface area (Å²) < 4.78 is 2.00. The van der Waals surface area contributed by atoms with Gasteiger partial charge in [0.1, 0.15) is 0 Å². The lowest BCUT2D eigenvalue weighted by atomic mass is 10.2. The molecule has 2 aromatic heterocycles. The SMILES string of the molecule is CNC(C)n1ncc2cc3[nH]ccc3cc21. The fourth-order valence-electron chi connectivity index (χ4n) is 2.02. The van der Waals surface area contributed by atoms with Crippen LogP contribution in [0.3, 0.4) is 0 Å². The van der Waals surface area contributed by atoms with Crippen molar-refractivity contribution in [3.8, 4) is 0 Å². The summed E-state index contributed by atoms with van der Waals surface area (Å²) in [5.74, 6) is 0. The van der Waals surface area contributed by atoms with Crippen LogP contribution >= 0.6 is 0 Å². The number of nitrogens with one attached hydrogen (secondary N) is 2. The Hall–Kier alpha value is -1.81. The molecule has 0 fully saturated rings. The molecule has 3 rings (SSSR count). The van der Waals surface area contributed by atoms with Gasteiger partial charge in [-0.3, -0.25) is 5.32 Å². The second-order valence-electron chi connectivity index (χ2n) is 4.03. The average molecular weight is 214 g/mol. The molecular formula is C12H14N4. The quantitative estimate of drug-likeness (QED) is 0.687. The predicted octanol–water partition coefficient (Wildman–Crippen LogP) is 2.26. The Morgan fingerprint density at radius 1 is 1.38 bits per heavy atom. The van der Waals surface area contributed by atoms with Crippen molar-refractivity contribution in [3.05, 3.63) is 30.6 Å². The Morgan fingerprint density at radius 2 is 2.25 bits per heavy atom. The van der Waals surface area contributed by atoms with Crippen LogP contribution in [0.15, 0.2) is 30.6 Å². The molecular weight excluding hydrogens is 200 g/mol. The molecule has 4 heteroatoms. The number of aromatic amines is 1. The Labute approximate surface area is 93.3 Å². The maximum Gasteiger partial charge on any atom is 0.0989 e. The van der Waals surface area contributed by atoms with E-state index >= 15 is 0 Å². The van der Waals surface area contributed by atoms with E-state index < -0.39 is 0 Å². The summed E-state index contributed by atoms with van der Waals surface area (Å²) in [4.78, 5) is 3.21. The molecule has 0 aliphatic carbocycles. The van der Waals surface area contributed by atoms with E-state index in [0.717, 1.165) is 16.4 Å². The standard InChI is InChI=1S/C12H14N4/c1-8(13-2)16-12-6-9-3-4-14-11(9)5-10(12)7-15-16/h3-8,13-14H,1-2H3. The molecule has 2 heterocycles. The molecule has 1 unspecified atom stereocenters. The highest BCUT2D eigenvalue weighted by molar-refractivity contribution is 5.94. The molecule has 0 bridgehead atoms. The van der Waals surface area contributed by atoms with Crippen LogP contribution in [0.4, 0.5) is 0 Å². The van der Waals surface area contributed by atoms with Crippen LogP contribution in [0.2, 0.25) is 0 Å². The summed E-state index contributed by atoms with van der Waals surface area (Å²) in [5.41, 5.74) is 2.32.